The molecule has 7 heteroatoms. The summed E-state index contributed by atoms with van der Waals surface area (Å²) < 4.78 is 6.51. The average molecular weight is 254 g/mol. The smallest absolute Gasteiger partial charge is 0.330 e. The molecule has 18 heavy (non-hydrogen) atoms. The van der Waals surface area contributed by atoms with E-state index in [1.165, 1.54) is 16.8 Å². The summed E-state index contributed by atoms with van der Waals surface area (Å²) in [5.41, 5.74) is -0.912. The Kier molecular flexibility index (Phi) is 3.46. The quantitative estimate of drug-likeness (QED) is 0.630. The molecule has 3 N–H and O–H groups in total. The lowest BCUT2D eigenvalue weighted by Crippen LogP contribution is -2.33. The highest BCUT2D eigenvalue weighted by atomic mass is 16.5. The Labute approximate surface area is 102 Å². The number of nitrogens with zero attached hydrogens (tertiary/aromatic N) is 1. The van der Waals surface area contributed by atoms with Crippen LogP contribution in [0.1, 0.15) is 18.2 Å². The van der Waals surface area contributed by atoms with Crippen molar-refractivity contribution in [2.75, 3.05) is 6.61 Å². The van der Waals surface area contributed by atoms with Gasteiger partial charge in [-0.2, -0.15) is 0 Å². The third-order valence-electron chi connectivity index (χ3n) is 2.91. The van der Waals surface area contributed by atoms with Gasteiger partial charge < -0.3 is 14.9 Å². The van der Waals surface area contributed by atoms with E-state index in [0.29, 0.717) is 0 Å². The fourth-order valence-electron chi connectivity index (χ4n) is 1.91. The van der Waals surface area contributed by atoms with Gasteiger partial charge in [-0.15, -0.1) is 0 Å². The van der Waals surface area contributed by atoms with Crippen molar-refractivity contribution in [3.63, 3.8) is 0 Å². The molecule has 0 amide bonds. The van der Waals surface area contributed by atoms with Gasteiger partial charge in [-0.3, -0.25) is 14.3 Å². The van der Waals surface area contributed by atoms with Gasteiger partial charge in [-0.25, -0.2) is 4.79 Å². The first-order valence-electron chi connectivity index (χ1n) is 5.49. The molecular formula is C11H14N2O5. The van der Waals surface area contributed by atoms with Crippen molar-refractivity contribution in [3.8, 4) is 0 Å². The molecule has 0 aromatic carbocycles. The second-order valence-corrected chi connectivity index (χ2v) is 4.07. The van der Waals surface area contributed by atoms with Gasteiger partial charge in [0.15, 0.2) is 0 Å². The molecule has 0 aliphatic carbocycles. The molecule has 1 fully saturated rings. The number of hydrogen-bond donors (Lipinski definition) is 3. The van der Waals surface area contributed by atoms with Crippen LogP contribution in [0.4, 0.5) is 0 Å². The zero-order chi connectivity index (χ0) is 13.3. The van der Waals surface area contributed by atoms with E-state index in [1.807, 2.05) is 0 Å². The molecule has 3 unspecified atom stereocenters. The summed E-state index contributed by atoms with van der Waals surface area (Å²) in [5, 5.41) is 18.6. The molecular weight excluding hydrogens is 240 g/mol. The molecule has 2 rings (SSSR count). The minimum Gasteiger partial charge on any atom is -0.394 e. The minimum atomic E-state index is -0.842. The predicted molar refractivity (Wildman–Crippen MR) is 63.0 cm³/mol. The number of aromatic amines is 1. The first-order chi connectivity index (χ1) is 8.56. The van der Waals surface area contributed by atoms with E-state index < -0.39 is 29.7 Å². The summed E-state index contributed by atoms with van der Waals surface area (Å²) in [6.45, 7) is 3.14. The van der Waals surface area contributed by atoms with Crippen molar-refractivity contribution in [1.82, 2.24) is 9.55 Å². The van der Waals surface area contributed by atoms with E-state index in [0.717, 1.165) is 0 Å². The summed E-state index contributed by atoms with van der Waals surface area (Å²) in [4.78, 5) is 25.1. The van der Waals surface area contributed by atoms with Crippen LogP contribution in [-0.4, -0.2) is 38.6 Å². The Balaban J connectivity index is 2.38. The minimum absolute atomic E-state index is 0.174. The number of aliphatic hydroxyl groups is 2. The molecule has 0 saturated carbocycles. The van der Waals surface area contributed by atoms with Gasteiger partial charge in [0.05, 0.1) is 18.3 Å². The zero-order valence-corrected chi connectivity index (χ0v) is 9.57. The molecule has 1 aliphatic rings. The van der Waals surface area contributed by atoms with Crippen molar-refractivity contribution in [2.24, 2.45) is 0 Å². The molecule has 1 aromatic heterocycles. The average Bonchev–Trinajstić information content (AvgIpc) is 2.70. The van der Waals surface area contributed by atoms with E-state index in [9.17, 15) is 14.7 Å². The summed E-state index contributed by atoms with van der Waals surface area (Å²) in [6.07, 6.45) is 0.551. The van der Waals surface area contributed by atoms with Gasteiger partial charge in [-0.05, 0) is 0 Å². The number of nitrogens with one attached hydrogen (secondary N) is 1. The van der Waals surface area contributed by atoms with Crippen LogP contribution >= 0.6 is 0 Å². The number of H-pyrrole nitrogens is 1. The van der Waals surface area contributed by atoms with E-state index in [1.54, 1.807) is 0 Å². The van der Waals surface area contributed by atoms with E-state index in [-0.39, 0.29) is 18.6 Å². The lowest BCUT2D eigenvalue weighted by molar-refractivity contribution is -0.0459. The molecule has 3 atom stereocenters. The molecule has 1 saturated heterocycles. The van der Waals surface area contributed by atoms with Crippen molar-refractivity contribution >= 4 is 6.08 Å². The lowest BCUT2D eigenvalue weighted by atomic mass is 10.2. The lowest BCUT2D eigenvalue weighted by Gasteiger charge is -2.14. The highest BCUT2D eigenvalue weighted by Gasteiger charge is 2.34. The number of hydrogen-bond acceptors (Lipinski definition) is 5. The second-order valence-electron chi connectivity index (χ2n) is 4.07. The van der Waals surface area contributed by atoms with Gasteiger partial charge >= 0.3 is 5.69 Å². The van der Waals surface area contributed by atoms with Crippen LogP contribution in [0.5, 0.6) is 0 Å². The topological polar surface area (TPSA) is 105 Å². The predicted octanol–water partition coefficient (Wildman–Crippen LogP) is -1.18. The van der Waals surface area contributed by atoms with Crippen LogP contribution < -0.4 is 11.2 Å². The van der Waals surface area contributed by atoms with E-state index >= 15 is 0 Å². The molecule has 7 nitrogen and oxygen atoms in total. The maximum Gasteiger partial charge on any atom is 0.330 e. The summed E-state index contributed by atoms with van der Waals surface area (Å²) in [7, 11) is 0. The fourth-order valence-corrected chi connectivity index (χ4v) is 1.91. The highest BCUT2D eigenvalue weighted by Crippen LogP contribution is 2.27. The molecule has 1 aromatic rings. The summed E-state index contributed by atoms with van der Waals surface area (Å²) in [6, 6.07) is 0. The monoisotopic (exact) mass is 254 g/mol. The molecule has 0 bridgehead atoms. The van der Waals surface area contributed by atoms with E-state index in [4.69, 9.17) is 9.84 Å². The van der Waals surface area contributed by atoms with Crippen LogP contribution in [0, 0.1) is 0 Å². The van der Waals surface area contributed by atoms with Crippen molar-refractivity contribution in [3.05, 3.63) is 39.2 Å². The van der Waals surface area contributed by atoms with Gasteiger partial charge in [0.2, 0.25) is 0 Å². The van der Waals surface area contributed by atoms with Gasteiger partial charge in [0, 0.05) is 12.6 Å². The first kappa shape index (κ1) is 12.7. The Bertz CT molecular complexity index is 561. The van der Waals surface area contributed by atoms with Crippen LogP contribution in [0.2, 0.25) is 0 Å². The molecule has 98 valence electrons. The van der Waals surface area contributed by atoms with Gasteiger partial charge in [-0.1, -0.05) is 12.7 Å². The van der Waals surface area contributed by atoms with Crippen LogP contribution in [0.15, 0.2) is 22.4 Å². The summed E-state index contributed by atoms with van der Waals surface area (Å²) in [5.74, 6) is 0. The number of aromatic nitrogens is 2. The molecule has 1 aliphatic heterocycles. The van der Waals surface area contributed by atoms with Crippen molar-refractivity contribution in [1.29, 1.82) is 0 Å². The van der Waals surface area contributed by atoms with Gasteiger partial charge in [0.25, 0.3) is 5.56 Å². The van der Waals surface area contributed by atoms with Crippen LogP contribution in [0.25, 0.3) is 6.08 Å². The molecule has 0 radical (unpaired) electrons. The molecule has 0 spiro atoms. The van der Waals surface area contributed by atoms with Crippen LogP contribution in [-0.2, 0) is 4.74 Å². The largest absolute Gasteiger partial charge is 0.394 e. The normalized spacial score (nSPS) is 27.3. The SMILES string of the molecule is C=Cc1cn(C2CC(O)C(CO)O2)c(=O)[nH]c1=O. The Morgan fingerprint density at radius 2 is 2.33 bits per heavy atom. The summed E-state index contributed by atoms with van der Waals surface area (Å²) >= 11 is 0. The third-order valence-corrected chi connectivity index (χ3v) is 2.91. The standard InChI is InChI=1S/C11H14N2O5/c1-2-6-4-13(11(17)12-10(6)16)9-3-7(15)8(5-14)18-9/h2,4,7-9,14-15H,1,3,5H2,(H,12,16,17). The van der Waals surface area contributed by atoms with E-state index in [2.05, 4.69) is 11.6 Å². The van der Waals surface area contributed by atoms with Crippen molar-refractivity contribution < 1.29 is 14.9 Å². The van der Waals surface area contributed by atoms with Crippen LogP contribution in [0.3, 0.4) is 0 Å². The first-order valence-corrected chi connectivity index (χ1v) is 5.49. The number of aliphatic hydroxyl groups excluding tert-OH is 2. The zero-order valence-electron chi connectivity index (χ0n) is 9.57. The highest BCUT2D eigenvalue weighted by molar-refractivity contribution is 5.43. The second kappa shape index (κ2) is 4.89. The Hall–Kier alpha value is -1.70. The van der Waals surface area contributed by atoms with Gasteiger partial charge in [0.1, 0.15) is 12.3 Å². The number of rotatable bonds is 3. The maximum absolute atomic E-state index is 11.6. The maximum atomic E-state index is 11.6. The Morgan fingerprint density at radius 1 is 1.61 bits per heavy atom. The fraction of sp³-hybridized carbons (Fsp3) is 0.455. The van der Waals surface area contributed by atoms with Crippen molar-refractivity contribution in [2.45, 2.75) is 24.9 Å². The third kappa shape index (κ3) is 2.15. The Morgan fingerprint density at radius 3 is 2.89 bits per heavy atom. The number of ether oxygens (including phenoxy) is 1. The molecule has 2 heterocycles.